The topological polar surface area (TPSA) is 166 Å². The third kappa shape index (κ3) is 2.90. The summed E-state index contributed by atoms with van der Waals surface area (Å²) < 4.78 is 22.4. The molecule has 1 spiro atoms. The van der Waals surface area contributed by atoms with Crippen LogP contribution in [0.3, 0.4) is 0 Å². The van der Waals surface area contributed by atoms with Gasteiger partial charge < -0.3 is 34.3 Å². The molecule has 5 rings (SSSR count). The van der Waals surface area contributed by atoms with Crippen molar-refractivity contribution in [3.05, 3.63) is 23.5 Å². The molecule has 2 bridgehead atoms. The normalized spacial score (nSPS) is 44.6. The van der Waals surface area contributed by atoms with Gasteiger partial charge in [0.15, 0.2) is 5.76 Å². The molecule has 9 atom stereocenters. The van der Waals surface area contributed by atoms with Crippen LogP contribution >= 0.6 is 0 Å². The second-order valence-corrected chi connectivity index (χ2v) is 11.1. The number of carbonyl (C=O) groups is 4. The monoisotopic (exact) mass is 506 g/mol. The highest BCUT2D eigenvalue weighted by Crippen LogP contribution is 2.71. The first-order valence-corrected chi connectivity index (χ1v) is 12.0. The van der Waals surface area contributed by atoms with Gasteiger partial charge >= 0.3 is 17.9 Å². The minimum absolute atomic E-state index is 0.00304. The van der Waals surface area contributed by atoms with E-state index in [1.807, 2.05) is 0 Å². The van der Waals surface area contributed by atoms with E-state index in [4.69, 9.17) is 18.9 Å². The van der Waals surface area contributed by atoms with Crippen molar-refractivity contribution in [3.63, 3.8) is 0 Å². The van der Waals surface area contributed by atoms with Crippen LogP contribution in [0.15, 0.2) is 23.5 Å². The predicted molar refractivity (Wildman–Crippen MR) is 118 cm³/mol. The highest BCUT2D eigenvalue weighted by Gasteiger charge is 2.84. The van der Waals surface area contributed by atoms with E-state index in [1.165, 1.54) is 12.2 Å². The highest BCUT2D eigenvalue weighted by molar-refractivity contribution is 6.04. The molecular weight excluding hydrogens is 476 g/mol. The molecule has 36 heavy (non-hydrogen) atoms. The van der Waals surface area contributed by atoms with Crippen molar-refractivity contribution in [2.75, 3.05) is 13.7 Å². The van der Waals surface area contributed by atoms with Gasteiger partial charge in [-0.2, -0.15) is 0 Å². The smallest absolute Gasteiger partial charge is 0.348 e. The number of allylic oxidation sites excluding steroid dienone is 2. The molecule has 5 aliphatic rings. The van der Waals surface area contributed by atoms with Crippen LogP contribution in [-0.4, -0.2) is 82.7 Å². The van der Waals surface area contributed by atoms with Gasteiger partial charge in [-0.3, -0.25) is 9.59 Å². The fourth-order valence-electron chi connectivity index (χ4n) is 7.44. The predicted octanol–water partition coefficient (Wildman–Crippen LogP) is 0.127. The lowest BCUT2D eigenvalue weighted by atomic mass is 9.40. The fourth-order valence-corrected chi connectivity index (χ4v) is 7.44. The molecule has 3 aliphatic carbocycles. The molecule has 0 aromatic rings. The number of aliphatic hydroxyl groups excluding tert-OH is 3. The summed E-state index contributed by atoms with van der Waals surface area (Å²) in [4.78, 5) is 51.5. The van der Waals surface area contributed by atoms with E-state index in [-0.39, 0.29) is 25.4 Å². The van der Waals surface area contributed by atoms with Crippen molar-refractivity contribution in [1.29, 1.82) is 0 Å². The molecule has 0 aromatic carbocycles. The molecule has 3 N–H and O–H groups in total. The number of fused-ring (bicyclic) bond motifs is 2. The van der Waals surface area contributed by atoms with Gasteiger partial charge in [0.25, 0.3) is 0 Å². The number of carbonyl (C=O) groups excluding carboxylic acids is 4. The van der Waals surface area contributed by atoms with Gasteiger partial charge in [-0.15, -0.1) is 0 Å². The third-order valence-corrected chi connectivity index (χ3v) is 8.75. The maximum absolute atomic E-state index is 13.3. The van der Waals surface area contributed by atoms with Crippen molar-refractivity contribution in [2.45, 2.75) is 63.6 Å². The average molecular weight is 507 g/mol. The number of esters is 3. The van der Waals surface area contributed by atoms with E-state index >= 15 is 0 Å². The average Bonchev–Trinajstić information content (AvgIpc) is 3.10. The fraction of sp³-hybridized carbons (Fsp3) is 0.680. The first-order valence-electron chi connectivity index (χ1n) is 12.0. The maximum atomic E-state index is 13.3. The van der Waals surface area contributed by atoms with Gasteiger partial charge in [-0.05, 0) is 18.1 Å². The Bertz CT molecular complexity index is 1110. The van der Waals surface area contributed by atoms with Crippen LogP contribution < -0.4 is 0 Å². The van der Waals surface area contributed by atoms with Crippen LogP contribution in [0.5, 0.6) is 0 Å². The molecule has 11 heteroatoms. The van der Waals surface area contributed by atoms with Crippen LogP contribution in [0.4, 0.5) is 0 Å². The number of hydrogen-bond acceptors (Lipinski definition) is 11. The minimum atomic E-state index is -2.21. The Morgan fingerprint density at radius 3 is 2.56 bits per heavy atom. The van der Waals surface area contributed by atoms with E-state index in [0.717, 1.165) is 7.11 Å². The highest BCUT2D eigenvalue weighted by atomic mass is 16.6. The Balaban J connectivity index is 1.73. The zero-order valence-corrected chi connectivity index (χ0v) is 20.4. The summed E-state index contributed by atoms with van der Waals surface area (Å²) >= 11 is 0. The number of hydrogen-bond donors (Lipinski definition) is 3. The number of rotatable bonds is 4. The van der Waals surface area contributed by atoms with Gasteiger partial charge in [0.2, 0.25) is 17.5 Å². The molecular formula is C25H30O11. The van der Waals surface area contributed by atoms with Gasteiger partial charge in [0, 0.05) is 29.6 Å². The molecule has 196 valence electrons. The van der Waals surface area contributed by atoms with Crippen LogP contribution in [0.2, 0.25) is 0 Å². The zero-order chi connectivity index (χ0) is 26.4. The molecule has 2 saturated heterocycles. The SMILES string of the molecule is COC(=O)[C@@]12OC[C@]34C([C@@H](O)[C@@H]1O)[C@@]1(C)C=C(O)C(=O)C=C1C[C@H]3OC(=O)[C@H](OC(=O)CC(C)C)[C@@H]24. The van der Waals surface area contributed by atoms with Crippen molar-refractivity contribution in [2.24, 2.45) is 28.6 Å². The molecule has 1 unspecified atom stereocenters. The molecule has 2 aliphatic heterocycles. The number of ketones is 1. The molecule has 0 amide bonds. The van der Waals surface area contributed by atoms with Gasteiger partial charge in [0.05, 0.1) is 25.7 Å². The second kappa shape index (κ2) is 7.87. The van der Waals surface area contributed by atoms with Crippen molar-refractivity contribution >= 4 is 23.7 Å². The number of aliphatic hydroxyl groups is 3. The molecule has 11 nitrogen and oxygen atoms in total. The van der Waals surface area contributed by atoms with Crippen molar-refractivity contribution in [3.8, 4) is 0 Å². The lowest BCUT2D eigenvalue weighted by Crippen LogP contribution is -2.78. The summed E-state index contributed by atoms with van der Waals surface area (Å²) in [5.41, 5.74) is -4.19. The molecule has 2 heterocycles. The first-order chi connectivity index (χ1) is 16.8. The van der Waals surface area contributed by atoms with Crippen LogP contribution in [0, 0.1) is 28.6 Å². The third-order valence-electron chi connectivity index (χ3n) is 8.75. The number of ether oxygens (including phenoxy) is 4. The van der Waals surface area contributed by atoms with E-state index in [0.29, 0.717) is 5.57 Å². The molecule has 0 radical (unpaired) electrons. The van der Waals surface area contributed by atoms with E-state index < -0.39 is 82.1 Å². The van der Waals surface area contributed by atoms with E-state index in [1.54, 1.807) is 20.8 Å². The Morgan fingerprint density at radius 2 is 1.92 bits per heavy atom. The largest absolute Gasteiger partial charge is 0.504 e. The Hall–Kier alpha value is -2.76. The number of methoxy groups -OCH3 is 1. The summed E-state index contributed by atoms with van der Waals surface area (Å²) in [6.45, 7) is 5.07. The summed E-state index contributed by atoms with van der Waals surface area (Å²) in [6.07, 6.45) is -3.44. The Kier molecular flexibility index (Phi) is 5.44. The lowest BCUT2D eigenvalue weighted by molar-refractivity contribution is -0.272. The van der Waals surface area contributed by atoms with Gasteiger partial charge in [-0.25, -0.2) is 9.59 Å². The lowest BCUT2D eigenvalue weighted by Gasteiger charge is -2.65. The Morgan fingerprint density at radius 1 is 1.22 bits per heavy atom. The molecule has 0 aromatic heterocycles. The standard InChI is InChI=1S/C25H30O11/c1-10(2)5-15(28)36-17-19-24-9-34-25(19,22(32)33-4)20(30)16(29)18(24)23(3)8-13(27)12(26)6-11(23)7-14(24)35-21(17)31/h6,8,10,14,16-20,27,29-30H,5,7,9H2,1-4H3/t14-,16-,17-,18?,19-,20+,23+,24-,25+/m1/s1. The van der Waals surface area contributed by atoms with E-state index in [9.17, 15) is 34.5 Å². The molecule has 2 saturated carbocycles. The minimum Gasteiger partial charge on any atom is -0.504 e. The van der Waals surface area contributed by atoms with Crippen LogP contribution in [0.1, 0.15) is 33.6 Å². The second-order valence-electron chi connectivity index (χ2n) is 11.1. The van der Waals surface area contributed by atoms with Crippen LogP contribution in [-0.2, 0) is 38.1 Å². The molecule has 4 fully saturated rings. The summed E-state index contributed by atoms with van der Waals surface area (Å²) in [6, 6.07) is 0. The van der Waals surface area contributed by atoms with Crippen molar-refractivity contribution < 1.29 is 53.4 Å². The summed E-state index contributed by atoms with van der Waals surface area (Å²) in [5, 5.41) is 33.3. The zero-order valence-electron chi connectivity index (χ0n) is 20.4. The van der Waals surface area contributed by atoms with Gasteiger partial charge in [-0.1, -0.05) is 26.3 Å². The first kappa shape index (κ1) is 24.9. The Labute approximate surface area is 207 Å². The van der Waals surface area contributed by atoms with Gasteiger partial charge in [0.1, 0.15) is 12.2 Å². The maximum Gasteiger partial charge on any atom is 0.348 e. The van der Waals surface area contributed by atoms with Crippen LogP contribution in [0.25, 0.3) is 0 Å². The van der Waals surface area contributed by atoms with Crippen molar-refractivity contribution in [1.82, 2.24) is 0 Å². The van der Waals surface area contributed by atoms with E-state index in [2.05, 4.69) is 0 Å². The summed E-state index contributed by atoms with van der Waals surface area (Å²) in [7, 11) is 1.09. The summed E-state index contributed by atoms with van der Waals surface area (Å²) in [5.74, 6) is -6.09. The quantitative estimate of drug-likeness (QED) is 0.350.